The number of carboxylic acids is 1. The van der Waals surface area contributed by atoms with Crippen molar-refractivity contribution in [2.75, 3.05) is 25.2 Å². The van der Waals surface area contributed by atoms with Crippen LogP contribution in [-0.2, 0) is 25.6 Å². The van der Waals surface area contributed by atoms with Crippen LogP contribution in [0.3, 0.4) is 0 Å². The summed E-state index contributed by atoms with van der Waals surface area (Å²) in [5.74, 6) is -2.74. The van der Waals surface area contributed by atoms with E-state index in [1.807, 2.05) is 30.5 Å². The zero-order chi connectivity index (χ0) is 28.1. The third kappa shape index (κ3) is 9.31. The van der Waals surface area contributed by atoms with Crippen LogP contribution in [0.15, 0.2) is 30.5 Å². The molecule has 0 aliphatic heterocycles. The number of carbonyl (C=O) groups is 4. The Morgan fingerprint density at radius 2 is 1.63 bits per heavy atom. The van der Waals surface area contributed by atoms with Crippen molar-refractivity contribution in [1.29, 1.82) is 0 Å². The van der Waals surface area contributed by atoms with Crippen LogP contribution in [0.5, 0.6) is 0 Å². The van der Waals surface area contributed by atoms with Gasteiger partial charge in [0, 0.05) is 17.1 Å². The molecule has 1 aromatic carbocycles. The molecule has 1 aromatic heterocycles. The average molecular weight is 551 g/mol. The van der Waals surface area contributed by atoms with Gasteiger partial charge in [0.1, 0.15) is 18.1 Å². The van der Waals surface area contributed by atoms with Gasteiger partial charge in [0.25, 0.3) is 0 Å². The molecule has 0 saturated carbocycles. The summed E-state index contributed by atoms with van der Waals surface area (Å²) in [7, 11) is 0. The monoisotopic (exact) mass is 550 g/mol. The number of carbonyl (C=O) groups excluding carboxylic acids is 3. The van der Waals surface area contributed by atoms with E-state index < -0.39 is 54.5 Å². The molecule has 210 valence electrons. The highest BCUT2D eigenvalue weighted by Gasteiger charge is 2.30. The largest absolute Gasteiger partial charge is 0.480 e. The third-order valence-electron chi connectivity index (χ3n) is 6.07. The number of rotatable bonds is 17. The van der Waals surface area contributed by atoms with Crippen LogP contribution >= 0.6 is 11.8 Å². The molecule has 4 atom stereocenters. The third-order valence-corrected chi connectivity index (χ3v) is 6.72. The number of amides is 3. The second-order valence-corrected chi connectivity index (χ2v) is 9.93. The fourth-order valence-corrected chi connectivity index (χ4v) is 4.37. The molecule has 0 aliphatic rings. The van der Waals surface area contributed by atoms with Gasteiger partial charge in [0.2, 0.25) is 17.7 Å². The van der Waals surface area contributed by atoms with Gasteiger partial charge < -0.3 is 42.6 Å². The Balaban J connectivity index is 2.03. The summed E-state index contributed by atoms with van der Waals surface area (Å²) < 4.78 is 0. The Morgan fingerprint density at radius 3 is 2.29 bits per heavy atom. The Bertz CT molecular complexity index is 1080. The van der Waals surface area contributed by atoms with Gasteiger partial charge in [-0.1, -0.05) is 18.2 Å². The molecule has 4 unspecified atom stereocenters. The molecular weight excluding hydrogens is 512 g/mol. The Labute approximate surface area is 225 Å². The van der Waals surface area contributed by atoms with Crippen LogP contribution < -0.4 is 27.4 Å². The van der Waals surface area contributed by atoms with Crippen LogP contribution in [0.4, 0.5) is 0 Å². The number of carboxylic acid groups (broad SMARTS) is 1. The lowest BCUT2D eigenvalue weighted by atomic mass is 10.0. The van der Waals surface area contributed by atoms with Crippen LogP contribution in [0.25, 0.3) is 10.9 Å². The first-order valence-corrected chi connectivity index (χ1v) is 13.9. The summed E-state index contributed by atoms with van der Waals surface area (Å²) in [5, 5.41) is 27.6. The zero-order valence-corrected chi connectivity index (χ0v) is 22.3. The zero-order valence-electron chi connectivity index (χ0n) is 21.4. The molecular formula is C25H38N6O6S. The summed E-state index contributed by atoms with van der Waals surface area (Å²) in [5.41, 5.74) is 13.4. The van der Waals surface area contributed by atoms with Crippen molar-refractivity contribution in [3.05, 3.63) is 36.0 Å². The van der Waals surface area contributed by atoms with Crippen molar-refractivity contribution < 1.29 is 29.4 Å². The quantitative estimate of drug-likeness (QED) is 0.119. The van der Waals surface area contributed by atoms with Crippen molar-refractivity contribution in [1.82, 2.24) is 20.9 Å². The number of aliphatic carboxylic acids is 1. The van der Waals surface area contributed by atoms with E-state index in [4.69, 9.17) is 11.5 Å². The normalized spacial score (nSPS) is 14.3. The van der Waals surface area contributed by atoms with Crippen molar-refractivity contribution in [2.45, 2.75) is 56.3 Å². The van der Waals surface area contributed by atoms with Gasteiger partial charge in [0.15, 0.2) is 0 Å². The van der Waals surface area contributed by atoms with Crippen molar-refractivity contribution in [3.63, 3.8) is 0 Å². The minimum Gasteiger partial charge on any atom is -0.480 e. The number of hydrogen-bond donors (Lipinski definition) is 8. The molecule has 10 N–H and O–H groups in total. The maximum atomic E-state index is 12.9. The molecule has 2 aromatic rings. The van der Waals surface area contributed by atoms with E-state index in [2.05, 4.69) is 20.9 Å². The van der Waals surface area contributed by atoms with E-state index in [-0.39, 0.29) is 19.3 Å². The van der Waals surface area contributed by atoms with Crippen molar-refractivity contribution >= 4 is 46.4 Å². The number of H-pyrrole nitrogens is 1. The lowest BCUT2D eigenvalue weighted by molar-refractivity contribution is -0.142. The van der Waals surface area contributed by atoms with Gasteiger partial charge >= 0.3 is 5.97 Å². The second kappa shape index (κ2) is 16.0. The van der Waals surface area contributed by atoms with Crippen LogP contribution in [0, 0.1) is 0 Å². The van der Waals surface area contributed by atoms with Crippen LogP contribution in [0.1, 0.15) is 31.2 Å². The number of aromatic amines is 1. The van der Waals surface area contributed by atoms with Crippen molar-refractivity contribution in [2.24, 2.45) is 11.5 Å². The van der Waals surface area contributed by atoms with Crippen LogP contribution in [-0.4, -0.2) is 88.2 Å². The fraction of sp³-hybridized carbons (Fsp3) is 0.520. The highest BCUT2D eigenvalue weighted by molar-refractivity contribution is 7.98. The molecule has 1 heterocycles. The van der Waals surface area contributed by atoms with Crippen molar-refractivity contribution in [3.8, 4) is 0 Å². The standard InChI is InChI=1S/C25H38N6O6S/c1-38-11-9-20(25(36)37)30-23(34)19(8-4-5-10-26)29-24(35)21(14-32)31-22(33)17(27)12-15-13-28-18-7-3-2-6-16(15)18/h2-3,6-7,13,17,19-21,28,32H,4-5,8-12,14,26-27H2,1H3,(H,29,35)(H,30,34)(H,31,33)(H,36,37). The Kier molecular flexibility index (Phi) is 13.1. The maximum absolute atomic E-state index is 12.9. The lowest BCUT2D eigenvalue weighted by Gasteiger charge is -2.24. The van der Waals surface area contributed by atoms with Gasteiger partial charge in [-0.15, -0.1) is 0 Å². The number of unbranched alkanes of at least 4 members (excludes halogenated alkanes) is 1. The second-order valence-electron chi connectivity index (χ2n) is 8.94. The molecule has 3 amide bonds. The SMILES string of the molecule is CSCCC(NC(=O)C(CCCCN)NC(=O)C(CO)NC(=O)C(N)Cc1c[nH]c2ccccc12)C(=O)O. The number of aromatic nitrogens is 1. The summed E-state index contributed by atoms with van der Waals surface area (Å²) in [6.45, 7) is -0.336. The smallest absolute Gasteiger partial charge is 0.326 e. The summed E-state index contributed by atoms with van der Waals surface area (Å²) in [4.78, 5) is 53.2. The minimum absolute atomic E-state index is 0.201. The van der Waals surface area contributed by atoms with E-state index in [0.29, 0.717) is 25.1 Å². The predicted molar refractivity (Wildman–Crippen MR) is 146 cm³/mol. The molecule has 38 heavy (non-hydrogen) atoms. The molecule has 0 saturated heterocycles. The van der Waals surface area contributed by atoms with E-state index in [1.54, 1.807) is 6.20 Å². The predicted octanol–water partition coefficient (Wildman–Crippen LogP) is -0.549. The molecule has 2 rings (SSSR count). The van der Waals surface area contributed by atoms with E-state index in [0.717, 1.165) is 16.5 Å². The van der Waals surface area contributed by atoms with Gasteiger partial charge in [-0.3, -0.25) is 14.4 Å². The summed E-state index contributed by atoms with van der Waals surface area (Å²) in [6, 6.07) is 3.03. The number of benzene rings is 1. The fourth-order valence-electron chi connectivity index (χ4n) is 3.90. The van der Waals surface area contributed by atoms with Gasteiger partial charge in [-0.25, -0.2) is 4.79 Å². The number of para-hydroxylation sites is 1. The number of fused-ring (bicyclic) bond motifs is 1. The number of nitrogens with one attached hydrogen (secondary N) is 4. The highest BCUT2D eigenvalue weighted by atomic mass is 32.2. The van der Waals surface area contributed by atoms with Crippen LogP contribution in [0.2, 0.25) is 0 Å². The first-order valence-electron chi connectivity index (χ1n) is 12.5. The molecule has 0 spiro atoms. The highest BCUT2D eigenvalue weighted by Crippen LogP contribution is 2.18. The molecule has 13 heteroatoms. The summed E-state index contributed by atoms with van der Waals surface area (Å²) in [6.07, 6.45) is 5.31. The van der Waals surface area contributed by atoms with E-state index >= 15 is 0 Å². The van der Waals surface area contributed by atoms with E-state index in [1.165, 1.54) is 11.8 Å². The lowest BCUT2D eigenvalue weighted by Crippen LogP contribution is -2.58. The van der Waals surface area contributed by atoms with E-state index in [9.17, 15) is 29.4 Å². The number of nitrogens with two attached hydrogens (primary N) is 2. The number of hydrogen-bond acceptors (Lipinski definition) is 8. The molecule has 0 aliphatic carbocycles. The van der Waals surface area contributed by atoms with Gasteiger partial charge in [0.05, 0.1) is 12.6 Å². The molecule has 0 bridgehead atoms. The number of aliphatic hydroxyl groups excluding tert-OH is 1. The molecule has 0 fully saturated rings. The summed E-state index contributed by atoms with van der Waals surface area (Å²) >= 11 is 1.45. The number of aliphatic hydroxyl groups is 1. The van der Waals surface area contributed by atoms with Gasteiger partial charge in [-0.2, -0.15) is 11.8 Å². The Hall–Kier alpha value is -3.13. The average Bonchev–Trinajstić information content (AvgIpc) is 3.31. The molecule has 12 nitrogen and oxygen atoms in total. The van der Waals surface area contributed by atoms with Gasteiger partial charge in [-0.05, 0) is 62.3 Å². The first kappa shape index (κ1) is 31.1. The Morgan fingerprint density at radius 1 is 0.974 bits per heavy atom. The maximum Gasteiger partial charge on any atom is 0.326 e. The number of thioether (sulfide) groups is 1. The minimum atomic E-state index is -1.35. The molecule has 0 radical (unpaired) electrons. The topological polar surface area (TPSA) is 213 Å². The first-order chi connectivity index (χ1) is 18.2.